The number of halogens is 3. The normalized spacial score (nSPS) is 17.0. The molecule has 27 heavy (non-hydrogen) atoms. The molecule has 1 heterocycles. The molecule has 0 bridgehead atoms. The van der Waals surface area contributed by atoms with Crippen LogP contribution >= 0.6 is 24.0 Å². The van der Waals surface area contributed by atoms with Crippen LogP contribution in [0.25, 0.3) is 0 Å². The molecule has 2 aromatic rings. The Hall–Kier alpha value is -1.90. The molecule has 4 nitrogen and oxygen atoms in total. The number of rotatable bonds is 4. The molecule has 0 aliphatic carbocycles. The minimum atomic E-state index is -0.820. The maximum atomic E-state index is 13.4. The zero-order chi connectivity index (χ0) is 18.7. The lowest BCUT2D eigenvalue weighted by Crippen LogP contribution is -2.25. The molecule has 0 saturated carbocycles. The second-order valence-corrected chi connectivity index (χ2v) is 6.85. The fourth-order valence-electron chi connectivity index (χ4n) is 3.13. The third-order valence-corrected chi connectivity index (χ3v) is 4.85. The maximum Gasteiger partial charge on any atom is 0.193 e. The first-order chi connectivity index (χ1) is 12.4. The zero-order valence-electron chi connectivity index (χ0n) is 15.5. The van der Waals surface area contributed by atoms with Gasteiger partial charge in [-0.15, -0.1) is 24.0 Å². The Bertz CT molecular complexity index is 826. The summed E-state index contributed by atoms with van der Waals surface area (Å²) < 4.78 is 26.5. The van der Waals surface area contributed by atoms with Crippen LogP contribution in [0.5, 0.6) is 0 Å². The summed E-state index contributed by atoms with van der Waals surface area (Å²) in [4.78, 5) is 6.49. The molecule has 2 aromatic carbocycles. The van der Waals surface area contributed by atoms with Crippen molar-refractivity contribution in [1.82, 2.24) is 0 Å². The zero-order valence-corrected chi connectivity index (χ0v) is 17.8. The van der Waals surface area contributed by atoms with Crippen LogP contribution in [0, 0.1) is 31.4 Å². The number of aryl methyl sites for hydroxylation is 2. The summed E-state index contributed by atoms with van der Waals surface area (Å²) in [6.07, 6.45) is 0.944. The van der Waals surface area contributed by atoms with Crippen LogP contribution in [0.3, 0.4) is 0 Å². The first-order valence-electron chi connectivity index (χ1n) is 8.76. The first kappa shape index (κ1) is 21.4. The predicted molar refractivity (Wildman–Crippen MR) is 118 cm³/mol. The molecule has 3 rings (SSSR count). The van der Waals surface area contributed by atoms with E-state index in [9.17, 15) is 8.78 Å². The highest BCUT2D eigenvalue weighted by molar-refractivity contribution is 14.0. The number of nitrogens with two attached hydrogens (primary N) is 1. The van der Waals surface area contributed by atoms with Crippen molar-refractivity contribution in [2.24, 2.45) is 16.6 Å². The van der Waals surface area contributed by atoms with Crippen LogP contribution < -0.4 is 16.0 Å². The summed E-state index contributed by atoms with van der Waals surface area (Å²) in [5.74, 6) is -0.909. The third-order valence-electron chi connectivity index (χ3n) is 4.85. The molecule has 0 spiro atoms. The highest BCUT2D eigenvalue weighted by Gasteiger charge is 2.23. The molecule has 1 aliphatic heterocycles. The summed E-state index contributed by atoms with van der Waals surface area (Å²) in [6, 6.07) is 10.1. The second kappa shape index (κ2) is 9.34. The van der Waals surface area contributed by atoms with E-state index in [0.29, 0.717) is 24.1 Å². The second-order valence-electron chi connectivity index (χ2n) is 6.85. The minimum Gasteiger partial charge on any atom is -0.371 e. The Morgan fingerprint density at radius 2 is 1.93 bits per heavy atom. The van der Waals surface area contributed by atoms with Gasteiger partial charge in [0.2, 0.25) is 0 Å². The number of nitrogens with one attached hydrogen (secondary N) is 1. The summed E-state index contributed by atoms with van der Waals surface area (Å²) >= 11 is 0. The van der Waals surface area contributed by atoms with Crippen LogP contribution in [0.1, 0.15) is 17.5 Å². The van der Waals surface area contributed by atoms with Gasteiger partial charge in [0.25, 0.3) is 0 Å². The standard InChI is InChI=1S/C20H24F2N4.HI/c1-13-3-4-16(9-14(13)2)25-20(23)24-11-15-7-8-26(12-15)17-5-6-18(21)19(22)10-17;/h3-6,9-10,15H,7-8,11-12H2,1-2H3,(H3,23,24,25);1H. The monoisotopic (exact) mass is 486 g/mol. The Balaban J connectivity index is 0.00000261. The molecule has 3 N–H and O–H groups in total. The lowest BCUT2D eigenvalue weighted by molar-refractivity contribution is 0.508. The predicted octanol–water partition coefficient (Wildman–Crippen LogP) is 4.45. The Morgan fingerprint density at radius 1 is 1.15 bits per heavy atom. The van der Waals surface area contributed by atoms with Gasteiger partial charge >= 0.3 is 0 Å². The highest BCUT2D eigenvalue weighted by atomic mass is 127. The van der Waals surface area contributed by atoms with E-state index in [1.807, 2.05) is 18.2 Å². The maximum absolute atomic E-state index is 13.4. The number of aliphatic imine (C=N–C) groups is 1. The van der Waals surface area contributed by atoms with Gasteiger partial charge < -0.3 is 16.0 Å². The van der Waals surface area contributed by atoms with Gasteiger partial charge in [-0.25, -0.2) is 8.78 Å². The summed E-state index contributed by atoms with van der Waals surface area (Å²) in [7, 11) is 0. The fraction of sp³-hybridized carbons (Fsp3) is 0.350. The van der Waals surface area contributed by atoms with Crippen molar-refractivity contribution < 1.29 is 8.78 Å². The number of benzene rings is 2. The van der Waals surface area contributed by atoms with Crippen molar-refractivity contribution in [1.29, 1.82) is 0 Å². The largest absolute Gasteiger partial charge is 0.371 e. The molecular weight excluding hydrogens is 461 g/mol. The molecule has 1 saturated heterocycles. The molecular formula is C20H25F2IN4. The number of hydrogen-bond acceptors (Lipinski definition) is 2. The van der Waals surface area contributed by atoms with Crippen LogP contribution in [-0.2, 0) is 0 Å². The van der Waals surface area contributed by atoms with Crippen LogP contribution in [0.4, 0.5) is 20.2 Å². The molecule has 1 atom stereocenters. The quantitative estimate of drug-likeness (QED) is 0.382. The van der Waals surface area contributed by atoms with Crippen LogP contribution in [-0.4, -0.2) is 25.6 Å². The van der Waals surface area contributed by atoms with Crippen LogP contribution in [0.15, 0.2) is 41.4 Å². The molecule has 1 aliphatic rings. The average Bonchev–Trinajstić information content (AvgIpc) is 3.08. The molecule has 1 unspecified atom stereocenters. The van der Waals surface area contributed by atoms with E-state index in [4.69, 9.17) is 5.73 Å². The van der Waals surface area contributed by atoms with Gasteiger partial charge in [-0.3, -0.25) is 4.99 Å². The van der Waals surface area contributed by atoms with E-state index in [-0.39, 0.29) is 24.0 Å². The van der Waals surface area contributed by atoms with Crippen molar-refractivity contribution in [3.8, 4) is 0 Å². The van der Waals surface area contributed by atoms with Gasteiger partial charge in [0.1, 0.15) is 0 Å². The van der Waals surface area contributed by atoms with Gasteiger partial charge in [0, 0.05) is 37.1 Å². The van der Waals surface area contributed by atoms with Crippen molar-refractivity contribution in [3.63, 3.8) is 0 Å². The smallest absolute Gasteiger partial charge is 0.193 e. The van der Waals surface area contributed by atoms with Gasteiger partial charge in [-0.05, 0) is 61.6 Å². The average molecular weight is 486 g/mol. The van der Waals surface area contributed by atoms with Gasteiger partial charge in [0.05, 0.1) is 0 Å². The molecule has 1 fully saturated rings. The van der Waals surface area contributed by atoms with Gasteiger partial charge in [-0.1, -0.05) is 6.07 Å². The molecule has 146 valence electrons. The van der Waals surface area contributed by atoms with Crippen molar-refractivity contribution in [3.05, 3.63) is 59.2 Å². The van der Waals surface area contributed by atoms with E-state index >= 15 is 0 Å². The van der Waals surface area contributed by atoms with Crippen molar-refractivity contribution in [2.75, 3.05) is 29.9 Å². The van der Waals surface area contributed by atoms with Crippen molar-refractivity contribution >= 4 is 41.3 Å². The number of guanidine groups is 1. The van der Waals surface area contributed by atoms with Gasteiger partial charge in [-0.2, -0.15) is 0 Å². The lowest BCUT2D eigenvalue weighted by Gasteiger charge is -2.18. The first-order valence-corrected chi connectivity index (χ1v) is 8.76. The van der Waals surface area contributed by atoms with E-state index in [1.165, 1.54) is 23.3 Å². The Kier molecular flexibility index (Phi) is 7.41. The van der Waals surface area contributed by atoms with E-state index in [2.05, 4.69) is 29.1 Å². The molecule has 7 heteroatoms. The Labute approximate surface area is 175 Å². The summed E-state index contributed by atoms with van der Waals surface area (Å²) in [6.45, 7) is 6.28. The Morgan fingerprint density at radius 3 is 2.63 bits per heavy atom. The van der Waals surface area contributed by atoms with Gasteiger partial charge in [0.15, 0.2) is 17.6 Å². The molecule has 0 radical (unpaired) electrons. The minimum absolute atomic E-state index is 0. The number of nitrogens with zero attached hydrogens (tertiary/aromatic N) is 2. The topological polar surface area (TPSA) is 53.6 Å². The molecule has 0 amide bonds. The van der Waals surface area contributed by atoms with E-state index < -0.39 is 11.6 Å². The summed E-state index contributed by atoms with van der Waals surface area (Å²) in [5.41, 5.74) is 10.0. The fourth-order valence-corrected chi connectivity index (χ4v) is 3.13. The van der Waals surface area contributed by atoms with E-state index in [1.54, 1.807) is 6.07 Å². The highest BCUT2D eigenvalue weighted by Crippen LogP contribution is 2.25. The van der Waals surface area contributed by atoms with Crippen molar-refractivity contribution in [2.45, 2.75) is 20.3 Å². The van der Waals surface area contributed by atoms with Crippen LogP contribution in [0.2, 0.25) is 0 Å². The SMILES string of the molecule is Cc1ccc(NC(N)=NCC2CCN(c3ccc(F)c(F)c3)C2)cc1C.I. The number of anilines is 2. The lowest BCUT2D eigenvalue weighted by atomic mass is 10.1. The molecule has 0 aromatic heterocycles. The van der Waals surface area contributed by atoms with E-state index in [0.717, 1.165) is 25.2 Å². The summed E-state index contributed by atoms with van der Waals surface area (Å²) in [5, 5.41) is 3.11. The number of hydrogen-bond donors (Lipinski definition) is 2. The third kappa shape index (κ3) is 5.54.